The number of nitrogens with zero attached hydrogens (tertiary/aromatic N) is 3. The number of carbonyl (C=O) groups is 2. The van der Waals surface area contributed by atoms with Crippen molar-refractivity contribution < 1.29 is 19.8 Å². The fourth-order valence-corrected chi connectivity index (χ4v) is 4.44. The van der Waals surface area contributed by atoms with Crippen molar-refractivity contribution in [1.29, 1.82) is 0 Å². The van der Waals surface area contributed by atoms with Crippen molar-refractivity contribution in [3.63, 3.8) is 0 Å². The van der Waals surface area contributed by atoms with Crippen molar-refractivity contribution in [1.82, 2.24) is 14.9 Å². The van der Waals surface area contributed by atoms with Gasteiger partial charge < -0.3 is 20.8 Å². The maximum atomic E-state index is 12.2. The molecule has 0 radical (unpaired) electrons. The number of thioether (sulfide) groups is 1. The fraction of sp³-hybridized carbons (Fsp3) is 0.467. The summed E-state index contributed by atoms with van der Waals surface area (Å²) in [5.74, 6) is -1.61. The van der Waals surface area contributed by atoms with E-state index in [1.54, 1.807) is 13.0 Å². The van der Waals surface area contributed by atoms with Gasteiger partial charge in [-0.25, -0.2) is 14.8 Å². The molecule has 3 heterocycles. The number of aromatic nitrogens is 2. The lowest BCUT2D eigenvalue weighted by molar-refractivity contribution is -0.163. The minimum atomic E-state index is -1.13. The maximum Gasteiger partial charge on any atom is 0.352 e. The first-order valence-electron chi connectivity index (χ1n) is 7.51. The third kappa shape index (κ3) is 2.53. The molecule has 0 aromatic carbocycles. The van der Waals surface area contributed by atoms with Crippen LogP contribution in [-0.2, 0) is 9.59 Å². The molecule has 0 saturated carbocycles. The Morgan fingerprint density at radius 3 is 2.83 bits per heavy atom. The largest absolute Gasteiger partial charge is 0.477 e. The molecular formula is C15H18N4O4S. The number of anilines is 1. The number of fused-ring (bicyclic) bond motifs is 1. The number of hydrogen-bond acceptors (Lipinski definition) is 7. The second kappa shape index (κ2) is 6.06. The highest BCUT2D eigenvalue weighted by Gasteiger charge is 2.59. The Morgan fingerprint density at radius 1 is 1.54 bits per heavy atom. The zero-order chi connectivity index (χ0) is 17.6. The van der Waals surface area contributed by atoms with Gasteiger partial charge in [0.2, 0.25) is 11.9 Å². The summed E-state index contributed by atoms with van der Waals surface area (Å²) in [6.45, 7) is 3.45. The molecule has 9 heteroatoms. The van der Waals surface area contributed by atoms with Gasteiger partial charge in [-0.2, -0.15) is 0 Å². The number of rotatable bonds is 5. The van der Waals surface area contributed by atoms with Gasteiger partial charge in [-0.3, -0.25) is 4.79 Å². The van der Waals surface area contributed by atoms with E-state index in [4.69, 9.17) is 5.73 Å². The average Bonchev–Trinajstić information content (AvgIpc) is 2.74. The molecule has 1 aromatic rings. The summed E-state index contributed by atoms with van der Waals surface area (Å²) in [4.78, 5) is 33.1. The Bertz CT molecular complexity index is 736. The van der Waals surface area contributed by atoms with Gasteiger partial charge in [-0.15, -0.1) is 11.8 Å². The number of amides is 1. The van der Waals surface area contributed by atoms with Crippen LogP contribution in [0.2, 0.25) is 0 Å². The van der Waals surface area contributed by atoms with Gasteiger partial charge in [0.1, 0.15) is 10.7 Å². The second-order valence-corrected chi connectivity index (χ2v) is 6.97. The van der Waals surface area contributed by atoms with Crippen molar-refractivity contribution in [2.75, 3.05) is 11.5 Å². The number of nitrogen functional groups attached to an aromatic ring is 1. The van der Waals surface area contributed by atoms with Crippen LogP contribution in [0.15, 0.2) is 28.6 Å². The first-order chi connectivity index (χ1) is 11.3. The molecule has 0 spiro atoms. The second-order valence-electron chi connectivity index (χ2n) is 5.97. The van der Waals surface area contributed by atoms with Crippen LogP contribution in [0.3, 0.4) is 0 Å². The van der Waals surface area contributed by atoms with Gasteiger partial charge >= 0.3 is 5.97 Å². The number of carboxylic acids is 1. The minimum absolute atomic E-state index is 0.0314. The smallest absolute Gasteiger partial charge is 0.352 e. The Labute approximate surface area is 142 Å². The summed E-state index contributed by atoms with van der Waals surface area (Å²) in [5.41, 5.74) is 6.25. The first-order valence-corrected chi connectivity index (χ1v) is 8.50. The Kier molecular flexibility index (Phi) is 4.22. The van der Waals surface area contributed by atoms with E-state index in [0.717, 1.165) is 0 Å². The van der Waals surface area contributed by atoms with Crippen LogP contribution >= 0.6 is 11.8 Å². The van der Waals surface area contributed by atoms with E-state index >= 15 is 0 Å². The normalized spacial score (nSPS) is 27.0. The van der Waals surface area contributed by atoms with E-state index in [1.165, 1.54) is 22.9 Å². The molecule has 2 aliphatic heterocycles. The standard InChI is InChI=1S/C15H18N4O4S/c1-6-8(5-24-9-3-4-17-15(16)18-9)12(14(22)23)19-11(6)10(7(2)20)13(19)21/h3-4,6-7,10-11,20H,5H2,1-2H3,(H,22,23)(H2,16,17,18)/t6-,7+,10+,11+/m0/s1. The van der Waals surface area contributed by atoms with E-state index in [2.05, 4.69) is 9.97 Å². The van der Waals surface area contributed by atoms with E-state index in [-0.39, 0.29) is 29.5 Å². The van der Waals surface area contributed by atoms with Crippen molar-refractivity contribution >= 4 is 29.6 Å². The van der Waals surface area contributed by atoms with Crippen molar-refractivity contribution in [3.8, 4) is 0 Å². The summed E-state index contributed by atoms with van der Waals surface area (Å²) < 4.78 is 0. The lowest BCUT2D eigenvalue weighted by Gasteiger charge is -2.46. The highest BCUT2D eigenvalue weighted by Crippen LogP contribution is 2.48. The maximum absolute atomic E-state index is 12.2. The predicted octanol–water partition coefficient (Wildman–Crippen LogP) is 0.347. The molecule has 2 aliphatic rings. The lowest BCUT2D eigenvalue weighted by Crippen LogP contribution is -2.63. The van der Waals surface area contributed by atoms with Gasteiger partial charge in [0.15, 0.2) is 0 Å². The molecule has 1 saturated heterocycles. The zero-order valence-corrected chi connectivity index (χ0v) is 14.0. The van der Waals surface area contributed by atoms with Crippen LogP contribution in [0.5, 0.6) is 0 Å². The molecule has 24 heavy (non-hydrogen) atoms. The van der Waals surface area contributed by atoms with Gasteiger partial charge in [0.05, 0.1) is 18.1 Å². The number of carbonyl (C=O) groups excluding carboxylic acids is 1. The molecule has 1 fully saturated rings. The summed E-state index contributed by atoms with van der Waals surface area (Å²) in [6, 6.07) is 1.40. The van der Waals surface area contributed by atoms with Gasteiger partial charge in [-0.05, 0) is 18.6 Å². The molecule has 0 aliphatic carbocycles. The summed E-state index contributed by atoms with van der Waals surface area (Å²) in [7, 11) is 0. The number of aliphatic hydroxyl groups is 1. The van der Waals surface area contributed by atoms with Crippen LogP contribution in [0.1, 0.15) is 13.8 Å². The zero-order valence-electron chi connectivity index (χ0n) is 13.2. The highest BCUT2D eigenvalue weighted by atomic mass is 32.2. The summed E-state index contributed by atoms with van der Waals surface area (Å²) in [5, 5.41) is 20.0. The summed E-state index contributed by atoms with van der Waals surface area (Å²) in [6.07, 6.45) is 0.736. The van der Waals surface area contributed by atoms with Gasteiger partial charge in [-0.1, -0.05) is 6.92 Å². The third-order valence-corrected chi connectivity index (χ3v) is 5.52. The monoisotopic (exact) mass is 350 g/mol. The number of aliphatic hydroxyl groups excluding tert-OH is 1. The number of hydrogen-bond donors (Lipinski definition) is 3. The molecule has 0 bridgehead atoms. The van der Waals surface area contributed by atoms with Crippen LogP contribution in [-0.4, -0.2) is 54.9 Å². The lowest BCUT2D eigenvalue weighted by atomic mass is 9.78. The molecule has 128 valence electrons. The van der Waals surface area contributed by atoms with Crippen LogP contribution < -0.4 is 5.73 Å². The topological polar surface area (TPSA) is 130 Å². The molecular weight excluding hydrogens is 332 g/mol. The molecule has 1 aromatic heterocycles. The van der Waals surface area contributed by atoms with Crippen LogP contribution in [0.4, 0.5) is 5.95 Å². The van der Waals surface area contributed by atoms with Crippen molar-refractivity contribution in [3.05, 3.63) is 23.5 Å². The molecule has 4 N–H and O–H groups in total. The third-order valence-electron chi connectivity index (χ3n) is 4.54. The number of carboxylic acid groups (broad SMARTS) is 1. The van der Waals surface area contributed by atoms with E-state index in [9.17, 15) is 19.8 Å². The van der Waals surface area contributed by atoms with Gasteiger partial charge in [0.25, 0.3) is 0 Å². The average molecular weight is 350 g/mol. The van der Waals surface area contributed by atoms with Crippen LogP contribution in [0.25, 0.3) is 0 Å². The molecule has 1 amide bonds. The molecule has 0 unspecified atom stereocenters. The molecule has 4 atom stereocenters. The summed E-state index contributed by atoms with van der Waals surface area (Å²) >= 11 is 1.35. The van der Waals surface area contributed by atoms with E-state index in [0.29, 0.717) is 16.4 Å². The molecule has 8 nitrogen and oxygen atoms in total. The van der Waals surface area contributed by atoms with Gasteiger partial charge in [0, 0.05) is 17.9 Å². The Hall–Kier alpha value is -2.13. The highest BCUT2D eigenvalue weighted by molar-refractivity contribution is 7.99. The first kappa shape index (κ1) is 16.7. The van der Waals surface area contributed by atoms with Crippen molar-refractivity contribution in [2.24, 2.45) is 11.8 Å². The van der Waals surface area contributed by atoms with Crippen LogP contribution in [0, 0.1) is 11.8 Å². The van der Waals surface area contributed by atoms with E-state index < -0.39 is 18.0 Å². The Morgan fingerprint density at radius 2 is 2.25 bits per heavy atom. The number of β-lactam (4-membered cyclic amide) rings is 1. The number of aliphatic carboxylic acids is 1. The van der Waals surface area contributed by atoms with E-state index in [1.807, 2.05) is 6.92 Å². The fourth-order valence-electron chi connectivity index (χ4n) is 3.42. The molecule has 3 rings (SSSR count). The minimum Gasteiger partial charge on any atom is -0.477 e. The Balaban J connectivity index is 1.85. The quantitative estimate of drug-likeness (QED) is 0.394. The SMILES string of the molecule is C[C@@H](O)[C@H]1C(=O)N2C(C(=O)O)=C(CSc3ccnc(N)n3)[C@H](C)[C@H]12. The predicted molar refractivity (Wildman–Crippen MR) is 86.8 cm³/mol. The number of nitrogens with two attached hydrogens (primary N) is 1. The van der Waals surface area contributed by atoms with Crippen molar-refractivity contribution in [2.45, 2.75) is 31.0 Å².